The Labute approximate surface area is 134 Å². The van der Waals surface area contributed by atoms with E-state index in [9.17, 15) is 0 Å². The summed E-state index contributed by atoms with van der Waals surface area (Å²) in [6.45, 7) is 1.78. The van der Waals surface area contributed by atoms with Crippen LogP contribution in [0.4, 0.5) is 0 Å². The molecule has 0 aromatic rings. The van der Waals surface area contributed by atoms with Crippen LogP contribution in [0.25, 0.3) is 0 Å². The van der Waals surface area contributed by atoms with Crippen LogP contribution in [0.15, 0.2) is 0 Å². The van der Waals surface area contributed by atoms with E-state index in [1.54, 1.807) is 0 Å². The first-order chi connectivity index (χ1) is 8.79. The average Bonchev–Trinajstić information content (AvgIpc) is 2.48. The molecule has 0 amide bonds. The largest absolute Gasteiger partial charge is 0.372 e. The van der Waals surface area contributed by atoms with Crippen molar-refractivity contribution in [1.82, 2.24) is 0 Å². The van der Waals surface area contributed by atoms with Crippen molar-refractivity contribution in [2.45, 2.75) is 42.3 Å². The van der Waals surface area contributed by atoms with Crippen molar-refractivity contribution in [3.63, 3.8) is 0 Å². The summed E-state index contributed by atoms with van der Waals surface area (Å²) in [6, 6.07) is 0. The molecule has 0 N–H and O–H groups in total. The number of halogens is 1. The van der Waals surface area contributed by atoms with Gasteiger partial charge in [-0.15, -0.1) is 23.5 Å². The standard InChI is InChI=1S/C12H19IO2S3/c13-18-15-9-11-2-4-12(5-3-11,14-8-11)10-16-6-1-7-17-10/h10H,1-9H2. The molecular formula is C12H19IO2S3. The number of rotatable bonds is 4. The minimum atomic E-state index is 0.189. The van der Waals surface area contributed by atoms with Gasteiger partial charge in [-0.25, -0.2) is 0 Å². The predicted octanol–water partition coefficient (Wildman–Crippen LogP) is 4.53. The van der Waals surface area contributed by atoms with Crippen LogP contribution in [0, 0.1) is 5.41 Å². The summed E-state index contributed by atoms with van der Waals surface area (Å²) in [6.07, 6.45) is 6.44. The zero-order chi connectivity index (χ0) is 12.5. The van der Waals surface area contributed by atoms with Crippen LogP contribution in [-0.4, -0.2) is 34.9 Å². The molecule has 3 aliphatic heterocycles. The third-order valence-electron chi connectivity index (χ3n) is 4.49. The monoisotopic (exact) mass is 418 g/mol. The van der Waals surface area contributed by atoms with Gasteiger partial charge in [0.25, 0.3) is 0 Å². The number of hydrogen-bond donors (Lipinski definition) is 0. The SMILES string of the molecule is ISOCC12CCC(C3SCCCS3)(CC1)OC2. The molecule has 4 rings (SSSR count). The lowest BCUT2D eigenvalue weighted by Gasteiger charge is -2.55. The topological polar surface area (TPSA) is 18.5 Å². The van der Waals surface area contributed by atoms with Gasteiger partial charge in [0.15, 0.2) is 0 Å². The Kier molecular flexibility index (Phi) is 5.05. The maximum absolute atomic E-state index is 6.37. The highest BCUT2D eigenvalue weighted by Gasteiger charge is 2.54. The molecule has 2 nitrogen and oxygen atoms in total. The zero-order valence-electron chi connectivity index (χ0n) is 10.4. The molecule has 2 bridgehead atoms. The minimum absolute atomic E-state index is 0.189. The van der Waals surface area contributed by atoms with Crippen molar-refractivity contribution in [2.75, 3.05) is 24.7 Å². The first-order valence-corrected chi connectivity index (χ1v) is 11.9. The summed E-state index contributed by atoms with van der Waals surface area (Å²) in [5.41, 5.74) is 0.513. The van der Waals surface area contributed by atoms with Gasteiger partial charge in [-0.1, -0.05) is 0 Å². The molecule has 1 aliphatic carbocycles. The molecular weight excluding hydrogens is 399 g/mol. The second-order valence-electron chi connectivity index (χ2n) is 5.61. The van der Waals surface area contributed by atoms with Crippen LogP contribution in [0.5, 0.6) is 0 Å². The average molecular weight is 418 g/mol. The maximum Gasteiger partial charge on any atom is 0.0892 e. The van der Waals surface area contributed by atoms with E-state index in [0.717, 1.165) is 13.2 Å². The van der Waals surface area contributed by atoms with Crippen molar-refractivity contribution in [3.05, 3.63) is 0 Å². The molecule has 0 aromatic carbocycles. The highest BCUT2D eigenvalue weighted by atomic mass is 127. The molecule has 0 unspecified atom stereocenters. The summed E-state index contributed by atoms with van der Waals surface area (Å²) in [5, 5.41) is 0. The number of thioether (sulfide) groups is 2. The third-order valence-corrected chi connectivity index (χ3v) is 8.79. The Morgan fingerprint density at radius 3 is 2.50 bits per heavy atom. The summed E-state index contributed by atoms with van der Waals surface area (Å²) < 4.78 is 12.6. The lowest BCUT2D eigenvalue weighted by atomic mass is 9.67. The summed E-state index contributed by atoms with van der Waals surface area (Å²) in [7, 11) is 1.46. The molecule has 104 valence electrons. The van der Waals surface area contributed by atoms with Gasteiger partial charge in [0.1, 0.15) is 0 Å². The van der Waals surface area contributed by atoms with E-state index in [1.165, 1.54) is 52.8 Å². The van der Waals surface area contributed by atoms with Crippen molar-refractivity contribution in [3.8, 4) is 0 Å². The first-order valence-electron chi connectivity index (χ1n) is 6.56. The van der Waals surface area contributed by atoms with E-state index in [2.05, 4.69) is 44.7 Å². The quantitative estimate of drug-likeness (QED) is 0.492. The van der Waals surface area contributed by atoms with E-state index < -0.39 is 0 Å². The van der Waals surface area contributed by atoms with Crippen LogP contribution in [0.1, 0.15) is 32.1 Å². The lowest BCUT2D eigenvalue weighted by Crippen LogP contribution is -2.57. The van der Waals surface area contributed by atoms with Gasteiger partial charge >= 0.3 is 0 Å². The van der Waals surface area contributed by atoms with Crippen LogP contribution < -0.4 is 0 Å². The van der Waals surface area contributed by atoms with Crippen LogP contribution in [-0.2, 0) is 8.92 Å². The van der Waals surface area contributed by atoms with Crippen LogP contribution in [0.3, 0.4) is 0 Å². The molecule has 0 spiro atoms. The smallest absolute Gasteiger partial charge is 0.0892 e. The summed E-state index contributed by atoms with van der Waals surface area (Å²) in [4.78, 5) is 0. The number of fused-ring (bicyclic) bond motifs is 3. The molecule has 1 saturated carbocycles. The van der Waals surface area contributed by atoms with E-state index in [1.807, 2.05) is 0 Å². The van der Waals surface area contributed by atoms with E-state index in [-0.39, 0.29) is 5.60 Å². The summed E-state index contributed by atoms with van der Waals surface area (Å²) in [5.74, 6) is 2.64. The molecule has 18 heavy (non-hydrogen) atoms. The highest BCUT2D eigenvalue weighted by Crippen LogP contribution is 2.55. The molecule has 4 aliphatic rings. The molecule has 0 aromatic heterocycles. The number of hydrogen-bond acceptors (Lipinski definition) is 5. The summed E-state index contributed by atoms with van der Waals surface area (Å²) >= 11 is 6.48. The van der Waals surface area contributed by atoms with Gasteiger partial charge in [0.2, 0.25) is 0 Å². The maximum atomic E-state index is 6.37. The van der Waals surface area contributed by atoms with Gasteiger partial charge in [0.05, 0.1) is 32.6 Å². The zero-order valence-corrected chi connectivity index (χ0v) is 15.0. The highest BCUT2D eigenvalue weighted by molar-refractivity contribution is 14.2. The van der Waals surface area contributed by atoms with E-state index in [0.29, 0.717) is 10.00 Å². The fraction of sp³-hybridized carbons (Fsp3) is 1.00. The van der Waals surface area contributed by atoms with Crippen LogP contribution in [0.2, 0.25) is 0 Å². The first kappa shape index (κ1) is 14.6. The fourth-order valence-electron chi connectivity index (χ4n) is 3.22. The lowest BCUT2D eigenvalue weighted by molar-refractivity contribution is -0.182. The molecule has 3 heterocycles. The molecule has 6 heteroatoms. The van der Waals surface area contributed by atoms with E-state index >= 15 is 0 Å². The van der Waals surface area contributed by atoms with Gasteiger partial charge in [-0.2, -0.15) is 0 Å². The van der Waals surface area contributed by atoms with Gasteiger partial charge < -0.3 is 8.92 Å². The van der Waals surface area contributed by atoms with Crippen molar-refractivity contribution < 1.29 is 8.92 Å². The van der Waals surface area contributed by atoms with Gasteiger partial charge in [0, 0.05) is 26.6 Å². The Morgan fingerprint density at radius 1 is 1.22 bits per heavy atom. The van der Waals surface area contributed by atoms with Crippen molar-refractivity contribution in [2.24, 2.45) is 5.41 Å². The van der Waals surface area contributed by atoms with Crippen molar-refractivity contribution >= 4 is 53.9 Å². The molecule has 0 radical (unpaired) electrons. The second-order valence-corrected chi connectivity index (χ2v) is 9.77. The van der Waals surface area contributed by atoms with Crippen LogP contribution >= 0.6 is 53.9 Å². The normalized spacial score (nSPS) is 41.2. The van der Waals surface area contributed by atoms with E-state index in [4.69, 9.17) is 8.92 Å². The minimum Gasteiger partial charge on any atom is -0.372 e. The Bertz CT molecular complexity index is 273. The molecule has 3 saturated heterocycles. The Balaban J connectivity index is 1.63. The number of ether oxygens (including phenoxy) is 1. The predicted molar refractivity (Wildman–Crippen MR) is 90.5 cm³/mol. The van der Waals surface area contributed by atoms with Gasteiger partial charge in [-0.05, 0) is 43.6 Å². The molecule has 4 fully saturated rings. The Morgan fingerprint density at radius 2 is 1.94 bits per heavy atom. The fourth-order valence-corrected chi connectivity index (χ4v) is 7.30. The second kappa shape index (κ2) is 6.22. The van der Waals surface area contributed by atoms with Gasteiger partial charge in [-0.3, -0.25) is 0 Å². The third kappa shape index (κ3) is 2.84. The van der Waals surface area contributed by atoms with Crippen molar-refractivity contribution in [1.29, 1.82) is 0 Å². The molecule has 0 atom stereocenters. The Hall–Kier alpha value is 1.70.